The molecule has 0 aliphatic heterocycles. The van der Waals surface area contributed by atoms with E-state index in [4.69, 9.17) is 9.79 Å². The molecular formula is C8H20NO3P. The van der Waals surface area contributed by atoms with Gasteiger partial charge in [0.05, 0.1) is 6.16 Å². The van der Waals surface area contributed by atoms with E-state index in [0.717, 1.165) is 6.54 Å². The van der Waals surface area contributed by atoms with Crippen LogP contribution in [0.15, 0.2) is 0 Å². The zero-order valence-corrected chi connectivity index (χ0v) is 9.42. The first kappa shape index (κ1) is 13.1. The Morgan fingerprint density at radius 1 is 1.31 bits per heavy atom. The van der Waals surface area contributed by atoms with Crippen LogP contribution in [0.2, 0.25) is 0 Å². The van der Waals surface area contributed by atoms with Crippen LogP contribution in [0.5, 0.6) is 0 Å². The van der Waals surface area contributed by atoms with Gasteiger partial charge < -0.3 is 15.1 Å². The van der Waals surface area contributed by atoms with Gasteiger partial charge in [-0.3, -0.25) is 4.57 Å². The minimum Gasteiger partial charge on any atom is -0.324 e. The largest absolute Gasteiger partial charge is 0.326 e. The summed E-state index contributed by atoms with van der Waals surface area (Å²) in [5.41, 5.74) is 0. The second kappa shape index (κ2) is 5.76. The fraction of sp³-hybridized carbons (Fsp3) is 1.00. The average molecular weight is 209 g/mol. The maximum Gasteiger partial charge on any atom is 0.326 e. The first-order valence-corrected chi connectivity index (χ1v) is 6.38. The summed E-state index contributed by atoms with van der Waals surface area (Å²) in [6, 6.07) is 0. The van der Waals surface area contributed by atoms with Crippen molar-refractivity contribution in [2.75, 3.05) is 19.3 Å². The van der Waals surface area contributed by atoms with Gasteiger partial charge in [-0.2, -0.15) is 0 Å². The third-order valence-corrected chi connectivity index (χ3v) is 2.99. The predicted molar refractivity (Wildman–Crippen MR) is 53.8 cm³/mol. The summed E-state index contributed by atoms with van der Waals surface area (Å²) < 4.78 is 10.5. The highest BCUT2D eigenvalue weighted by Gasteiger charge is 2.12. The zero-order chi connectivity index (χ0) is 10.5. The van der Waals surface area contributed by atoms with Crippen molar-refractivity contribution in [1.82, 2.24) is 5.32 Å². The van der Waals surface area contributed by atoms with Gasteiger partial charge in [0.2, 0.25) is 0 Å². The summed E-state index contributed by atoms with van der Waals surface area (Å²) in [7, 11) is -3.81. The van der Waals surface area contributed by atoms with Gasteiger partial charge in [0.25, 0.3) is 0 Å². The summed E-state index contributed by atoms with van der Waals surface area (Å²) in [5.74, 6) is 1.14. The van der Waals surface area contributed by atoms with Crippen molar-refractivity contribution >= 4 is 7.60 Å². The van der Waals surface area contributed by atoms with Crippen LogP contribution in [0.3, 0.4) is 0 Å². The molecule has 0 aromatic rings. The van der Waals surface area contributed by atoms with Crippen LogP contribution >= 0.6 is 7.60 Å². The summed E-state index contributed by atoms with van der Waals surface area (Å²) in [5, 5.41) is 3.03. The Kier molecular flexibility index (Phi) is 5.81. The van der Waals surface area contributed by atoms with Crippen molar-refractivity contribution in [2.45, 2.75) is 20.8 Å². The summed E-state index contributed by atoms with van der Waals surface area (Å²) in [4.78, 5) is 17.1. The molecule has 0 radical (unpaired) electrons. The molecule has 1 atom stereocenters. The normalized spacial score (nSPS) is 14.9. The van der Waals surface area contributed by atoms with Crippen LogP contribution in [0.25, 0.3) is 0 Å². The molecule has 3 N–H and O–H groups in total. The van der Waals surface area contributed by atoms with Crippen molar-refractivity contribution in [1.29, 1.82) is 0 Å². The quantitative estimate of drug-likeness (QED) is 0.451. The lowest BCUT2D eigenvalue weighted by molar-refractivity contribution is 0.366. The Balaban J connectivity index is 3.42. The molecule has 0 amide bonds. The van der Waals surface area contributed by atoms with E-state index in [1.807, 2.05) is 0 Å². The standard InChI is InChI=1S/C8H20NO3P/c1-7(2)8(3)6-9-4-5-13(10,11)12/h7-9H,4-6H2,1-3H3,(H2,10,11,12). The lowest BCUT2D eigenvalue weighted by Crippen LogP contribution is -2.26. The Labute approximate surface area is 79.9 Å². The molecule has 0 spiro atoms. The predicted octanol–water partition coefficient (Wildman–Crippen LogP) is 1.05. The first-order valence-electron chi connectivity index (χ1n) is 4.58. The fourth-order valence-electron chi connectivity index (χ4n) is 0.790. The van der Waals surface area contributed by atoms with Crippen molar-refractivity contribution in [3.8, 4) is 0 Å². The van der Waals surface area contributed by atoms with Crippen molar-refractivity contribution < 1.29 is 14.4 Å². The molecule has 0 rings (SSSR count). The Morgan fingerprint density at radius 2 is 1.85 bits per heavy atom. The molecule has 0 aromatic heterocycles. The molecular weight excluding hydrogens is 189 g/mol. The maximum atomic E-state index is 10.5. The molecule has 1 unspecified atom stereocenters. The highest BCUT2D eigenvalue weighted by Crippen LogP contribution is 2.32. The van der Waals surface area contributed by atoms with Gasteiger partial charge in [0, 0.05) is 6.54 Å². The Hall–Kier alpha value is 0.110. The van der Waals surface area contributed by atoms with E-state index in [-0.39, 0.29) is 6.16 Å². The van der Waals surface area contributed by atoms with Gasteiger partial charge in [-0.15, -0.1) is 0 Å². The van der Waals surface area contributed by atoms with Crippen LogP contribution in [-0.2, 0) is 4.57 Å². The molecule has 5 heteroatoms. The molecule has 0 saturated heterocycles. The third kappa shape index (κ3) is 8.44. The summed E-state index contributed by atoms with van der Waals surface area (Å²) in [6.07, 6.45) is -0.0716. The number of hydrogen-bond acceptors (Lipinski definition) is 2. The molecule has 0 fully saturated rings. The first-order chi connectivity index (χ1) is 5.83. The lowest BCUT2D eigenvalue weighted by atomic mass is 9.98. The second-order valence-electron chi connectivity index (χ2n) is 3.81. The van der Waals surface area contributed by atoms with Crippen molar-refractivity contribution in [3.63, 3.8) is 0 Å². The van der Waals surface area contributed by atoms with Gasteiger partial charge in [-0.05, 0) is 18.4 Å². The minimum atomic E-state index is -3.81. The van der Waals surface area contributed by atoms with E-state index in [2.05, 4.69) is 26.1 Å². The monoisotopic (exact) mass is 209 g/mol. The summed E-state index contributed by atoms with van der Waals surface area (Å²) in [6.45, 7) is 7.60. The van der Waals surface area contributed by atoms with E-state index >= 15 is 0 Å². The highest BCUT2D eigenvalue weighted by molar-refractivity contribution is 7.51. The molecule has 4 nitrogen and oxygen atoms in total. The molecule has 0 aliphatic rings. The van der Waals surface area contributed by atoms with E-state index in [9.17, 15) is 4.57 Å². The lowest BCUT2D eigenvalue weighted by Gasteiger charge is -2.16. The Morgan fingerprint density at radius 3 is 2.23 bits per heavy atom. The minimum absolute atomic E-state index is 0.0716. The van der Waals surface area contributed by atoms with Gasteiger partial charge in [0.1, 0.15) is 0 Å². The summed E-state index contributed by atoms with van der Waals surface area (Å²) >= 11 is 0. The van der Waals surface area contributed by atoms with Crippen molar-refractivity contribution in [2.24, 2.45) is 11.8 Å². The third-order valence-electron chi connectivity index (χ3n) is 2.18. The molecule has 0 bridgehead atoms. The van der Waals surface area contributed by atoms with Gasteiger partial charge in [-0.25, -0.2) is 0 Å². The molecule has 80 valence electrons. The highest BCUT2D eigenvalue weighted by atomic mass is 31.2. The van der Waals surface area contributed by atoms with Gasteiger partial charge in [0.15, 0.2) is 0 Å². The smallest absolute Gasteiger partial charge is 0.324 e. The topological polar surface area (TPSA) is 69.6 Å². The Bertz CT molecular complexity index is 178. The molecule has 0 aliphatic carbocycles. The van der Waals surface area contributed by atoms with E-state index in [0.29, 0.717) is 18.4 Å². The number of rotatable bonds is 6. The van der Waals surface area contributed by atoms with Crippen LogP contribution < -0.4 is 5.32 Å². The number of hydrogen-bond donors (Lipinski definition) is 3. The van der Waals surface area contributed by atoms with E-state index in [1.54, 1.807) is 0 Å². The van der Waals surface area contributed by atoms with E-state index < -0.39 is 7.60 Å². The second-order valence-corrected chi connectivity index (χ2v) is 5.59. The molecule has 0 aromatic carbocycles. The molecule has 0 heterocycles. The van der Waals surface area contributed by atoms with E-state index in [1.165, 1.54) is 0 Å². The molecule has 13 heavy (non-hydrogen) atoms. The fourth-order valence-corrected chi connectivity index (χ4v) is 1.24. The van der Waals surface area contributed by atoms with Crippen molar-refractivity contribution in [3.05, 3.63) is 0 Å². The number of nitrogens with one attached hydrogen (secondary N) is 1. The van der Waals surface area contributed by atoms with Crippen LogP contribution in [-0.4, -0.2) is 29.0 Å². The van der Waals surface area contributed by atoms with Crippen LogP contribution in [0, 0.1) is 11.8 Å². The molecule has 0 saturated carbocycles. The maximum absolute atomic E-state index is 10.5. The average Bonchev–Trinajstić information content (AvgIpc) is 1.95. The van der Waals surface area contributed by atoms with Gasteiger partial charge in [-0.1, -0.05) is 20.8 Å². The van der Waals surface area contributed by atoms with Crippen LogP contribution in [0.1, 0.15) is 20.8 Å². The SMILES string of the molecule is CC(C)C(C)CNCCP(=O)(O)O. The van der Waals surface area contributed by atoms with Gasteiger partial charge >= 0.3 is 7.60 Å². The van der Waals surface area contributed by atoms with Crippen LogP contribution in [0.4, 0.5) is 0 Å². The zero-order valence-electron chi connectivity index (χ0n) is 8.53.